The monoisotopic (exact) mass is 152 g/mol. The molecule has 0 aliphatic heterocycles. The van der Waals surface area contributed by atoms with Crippen molar-refractivity contribution in [1.82, 2.24) is 9.97 Å². The zero-order chi connectivity index (χ0) is 8.10. The number of rotatable bonds is 4. The number of hydrogen-bond acceptors (Lipinski definition) is 2. The third-order valence-corrected chi connectivity index (χ3v) is 1.45. The van der Waals surface area contributed by atoms with Gasteiger partial charge in [0.15, 0.2) is 0 Å². The molecule has 0 aromatic carbocycles. The molecule has 60 valence electrons. The summed E-state index contributed by atoms with van der Waals surface area (Å²) >= 11 is 0. The summed E-state index contributed by atoms with van der Waals surface area (Å²) in [5.41, 5.74) is 0. The van der Waals surface area contributed by atoms with E-state index in [1.54, 1.807) is 12.4 Å². The minimum absolute atomic E-state index is 0.252. The van der Waals surface area contributed by atoms with Crippen LogP contribution in [0.5, 0.6) is 0 Å². The molecule has 3 nitrogen and oxygen atoms in total. The van der Waals surface area contributed by atoms with Crippen molar-refractivity contribution >= 4 is 5.78 Å². The minimum atomic E-state index is 0.252. The van der Waals surface area contributed by atoms with Crippen molar-refractivity contribution in [2.24, 2.45) is 0 Å². The summed E-state index contributed by atoms with van der Waals surface area (Å²) in [6.45, 7) is 2.00. The molecule has 1 rings (SSSR count). The number of nitrogens with one attached hydrogen (secondary N) is 1. The molecule has 0 unspecified atom stereocenters. The molecule has 1 aromatic rings. The van der Waals surface area contributed by atoms with E-state index in [0.717, 1.165) is 12.2 Å². The van der Waals surface area contributed by atoms with Crippen molar-refractivity contribution in [1.29, 1.82) is 0 Å². The van der Waals surface area contributed by atoms with E-state index in [9.17, 15) is 4.79 Å². The Labute approximate surface area is 65.8 Å². The number of imidazole rings is 1. The molecular formula is C8H12N2O. The SMILES string of the molecule is CCCC(=O)Cc1ncc[nH]1. The first-order chi connectivity index (χ1) is 5.33. The molecule has 11 heavy (non-hydrogen) atoms. The molecule has 0 fully saturated rings. The predicted octanol–water partition coefficient (Wildman–Crippen LogP) is 1.32. The van der Waals surface area contributed by atoms with E-state index in [2.05, 4.69) is 9.97 Å². The van der Waals surface area contributed by atoms with Gasteiger partial charge in [-0.3, -0.25) is 4.79 Å². The van der Waals surface area contributed by atoms with Crippen LogP contribution in [0.15, 0.2) is 12.4 Å². The van der Waals surface area contributed by atoms with E-state index in [-0.39, 0.29) is 5.78 Å². The van der Waals surface area contributed by atoms with E-state index < -0.39 is 0 Å². The van der Waals surface area contributed by atoms with Crippen LogP contribution in [0.25, 0.3) is 0 Å². The summed E-state index contributed by atoms with van der Waals surface area (Å²) < 4.78 is 0. The van der Waals surface area contributed by atoms with E-state index in [1.165, 1.54) is 0 Å². The average molecular weight is 152 g/mol. The van der Waals surface area contributed by atoms with E-state index in [0.29, 0.717) is 12.8 Å². The fraction of sp³-hybridized carbons (Fsp3) is 0.500. The highest BCUT2D eigenvalue weighted by Crippen LogP contribution is 1.96. The lowest BCUT2D eigenvalue weighted by atomic mass is 10.2. The molecule has 0 aliphatic carbocycles. The number of hydrogen-bond donors (Lipinski definition) is 1. The molecule has 0 aliphatic rings. The van der Waals surface area contributed by atoms with Crippen LogP contribution in [0, 0.1) is 0 Å². The summed E-state index contributed by atoms with van der Waals surface area (Å²) in [6, 6.07) is 0. The Morgan fingerprint density at radius 2 is 2.55 bits per heavy atom. The number of H-pyrrole nitrogens is 1. The first-order valence-corrected chi connectivity index (χ1v) is 3.83. The summed E-state index contributed by atoms with van der Waals surface area (Å²) in [5, 5.41) is 0. The molecule has 0 spiro atoms. The number of carbonyl (C=O) groups is 1. The van der Waals surface area contributed by atoms with Crippen LogP contribution >= 0.6 is 0 Å². The zero-order valence-corrected chi connectivity index (χ0v) is 6.63. The first-order valence-electron chi connectivity index (χ1n) is 3.83. The lowest BCUT2D eigenvalue weighted by molar-refractivity contribution is -0.118. The predicted molar refractivity (Wildman–Crippen MR) is 42.2 cm³/mol. The van der Waals surface area contributed by atoms with Crippen molar-refractivity contribution in [2.45, 2.75) is 26.2 Å². The summed E-state index contributed by atoms with van der Waals surface area (Å²) in [5.74, 6) is 1.02. The number of Topliss-reactive ketones (excluding diaryl/α,β-unsaturated/α-hetero) is 1. The molecule has 0 amide bonds. The Balaban J connectivity index is 2.37. The van der Waals surface area contributed by atoms with E-state index >= 15 is 0 Å². The van der Waals surface area contributed by atoms with Gasteiger partial charge in [0.2, 0.25) is 0 Å². The topological polar surface area (TPSA) is 45.8 Å². The maximum Gasteiger partial charge on any atom is 0.140 e. The highest BCUT2D eigenvalue weighted by molar-refractivity contribution is 5.79. The second kappa shape index (κ2) is 3.91. The van der Waals surface area contributed by atoms with Crippen LogP contribution in [0.2, 0.25) is 0 Å². The first kappa shape index (κ1) is 7.98. The van der Waals surface area contributed by atoms with Crippen molar-refractivity contribution in [2.75, 3.05) is 0 Å². The van der Waals surface area contributed by atoms with Gasteiger partial charge in [0.1, 0.15) is 11.6 Å². The van der Waals surface area contributed by atoms with Crippen LogP contribution in [0.1, 0.15) is 25.6 Å². The van der Waals surface area contributed by atoms with Gasteiger partial charge in [-0.15, -0.1) is 0 Å². The standard InChI is InChI=1S/C8H12N2O/c1-2-3-7(11)6-8-9-4-5-10-8/h4-5H,2-3,6H2,1H3,(H,9,10). The van der Waals surface area contributed by atoms with Crippen LogP contribution in [0.4, 0.5) is 0 Å². The van der Waals surface area contributed by atoms with Crippen molar-refractivity contribution in [3.63, 3.8) is 0 Å². The van der Waals surface area contributed by atoms with E-state index in [1.807, 2.05) is 6.92 Å². The Morgan fingerprint density at radius 1 is 1.73 bits per heavy atom. The van der Waals surface area contributed by atoms with Gasteiger partial charge >= 0.3 is 0 Å². The maximum atomic E-state index is 11.1. The van der Waals surface area contributed by atoms with Gasteiger partial charge < -0.3 is 4.98 Å². The third kappa shape index (κ3) is 2.53. The quantitative estimate of drug-likeness (QED) is 0.707. The minimum Gasteiger partial charge on any atom is -0.348 e. The molecule has 0 saturated heterocycles. The highest BCUT2D eigenvalue weighted by atomic mass is 16.1. The second-order valence-electron chi connectivity index (χ2n) is 2.50. The van der Waals surface area contributed by atoms with Crippen LogP contribution in [-0.2, 0) is 11.2 Å². The molecule has 1 heterocycles. The fourth-order valence-electron chi connectivity index (χ4n) is 0.949. The maximum absolute atomic E-state index is 11.1. The Hall–Kier alpha value is -1.12. The molecule has 0 saturated carbocycles. The van der Waals surface area contributed by atoms with Crippen molar-refractivity contribution in [3.05, 3.63) is 18.2 Å². The normalized spacial score (nSPS) is 9.91. The van der Waals surface area contributed by atoms with Gasteiger partial charge in [-0.25, -0.2) is 4.98 Å². The molecule has 0 atom stereocenters. The third-order valence-electron chi connectivity index (χ3n) is 1.45. The average Bonchev–Trinajstić information content (AvgIpc) is 2.40. The Kier molecular flexibility index (Phi) is 2.83. The largest absolute Gasteiger partial charge is 0.348 e. The molecular weight excluding hydrogens is 140 g/mol. The summed E-state index contributed by atoms with van der Waals surface area (Å²) in [4.78, 5) is 17.9. The number of ketones is 1. The van der Waals surface area contributed by atoms with Gasteiger partial charge in [-0.1, -0.05) is 6.92 Å². The molecule has 3 heteroatoms. The van der Waals surface area contributed by atoms with Crippen LogP contribution in [-0.4, -0.2) is 15.8 Å². The molecule has 0 radical (unpaired) electrons. The van der Waals surface area contributed by atoms with Gasteiger partial charge in [-0.2, -0.15) is 0 Å². The van der Waals surface area contributed by atoms with Gasteiger partial charge in [0, 0.05) is 18.8 Å². The lowest BCUT2D eigenvalue weighted by Crippen LogP contribution is -2.02. The lowest BCUT2D eigenvalue weighted by Gasteiger charge is -1.93. The fourth-order valence-corrected chi connectivity index (χ4v) is 0.949. The van der Waals surface area contributed by atoms with Crippen molar-refractivity contribution in [3.8, 4) is 0 Å². The summed E-state index contributed by atoms with van der Waals surface area (Å²) in [6.07, 6.45) is 5.41. The number of aromatic amines is 1. The number of nitrogens with zero attached hydrogens (tertiary/aromatic N) is 1. The van der Waals surface area contributed by atoms with Crippen LogP contribution < -0.4 is 0 Å². The van der Waals surface area contributed by atoms with Gasteiger partial charge in [0.25, 0.3) is 0 Å². The number of carbonyl (C=O) groups excluding carboxylic acids is 1. The zero-order valence-electron chi connectivity index (χ0n) is 6.63. The van der Waals surface area contributed by atoms with Gasteiger partial charge in [-0.05, 0) is 6.42 Å². The molecule has 0 bridgehead atoms. The number of aromatic nitrogens is 2. The Bertz CT molecular complexity index is 216. The second-order valence-corrected chi connectivity index (χ2v) is 2.50. The molecule has 1 N–H and O–H groups in total. The highest BCUT2D eigenvalue weighted by Gasteiger charge is 2.02. The van der Waals surface area contributed by atoms with Crippen LogP contribution in [0.3, 0.4) is 0 Å². The summed E-state index contributed by atoms with van der Waals surface area (Å²) in [7, 11) is 0. The molecule has 1 aromatic heterocycles. The Morgan fingerprint density at radius 3 is 3.09 bits per heavy atom. The smallest absolute Gasteiger partial charge is 0.140 e. The van der Waals surface area contributed by atoms with Crippen molar-refractivity contribution < 1.29 is 4.79 Å². The van der Waals surface area contributed by atoms with Gasteiger partial charge in [0.05, 0.1) is 6.42 Å². The van der Waals surface area contributed by atoms with E-state index in [4.69, 9.17) is 0 Å².